The molecule has 4 nitrogen and oxygen atoms in total. The first kappa shape index (κ1) is 21.9. The molecule has 0 atom stereocenters. The van der Waals surface area contributed by atoms with Crippen LogP contribution in [0.15, 0.2) is 72.2 Å². The van der Waals surface area contributed by atoms with Gasteiger partial charge in [-0.05, 0) is 37.1 Å². The minimum atomic E-state index is 0. The van der Waals surface area contributed by atoms with Crippen LogP contribution in [0.25, 0.3) is 0 Å². The zero-order valence-corrected chi connectivity index (χ0v) is 15.9. The zero-order valence-electron chi connectivity index (χ0n) is 14.9. The molecule has 0 fully saturated rings. The molecule has 0 spiro atoms. The van der Waals surface area contributed by atoms with Crippen LogP contribution in [-0.4, -0.2) is 24.7 Å². The smallest absolute Gasteiger partial charge is 0.187 e. The van der Waals surface area contributed by atoms with Crippen LogP contribution in [0.2, 0.25) is 0 Å². The molecular formula is C21H26CoN2O2. The summed E-state index contributed by atoms with van der Waals surface area (Å²) in [5.74, 6) is 0.109. The molecule has 2 N–H and O–H groups in total. The predicted molar refractivity (Wildman–Crippen MR) is 102 cm³/mol. The summed E-state index contributed by atoms with van der Waals surface area (Å²) >= 11 is 0. The predicted octanol–water partition coefficient (Wildman–Crippen LogP) is 3.27. The standard InChI is InChI=1S/C21H26N2O2.Co/c24-20-12-6-4-10-18(20)16-22-14-8-2-1-3-9-15-23-17-19-11-5-7-13-21(19)25;/h4-7,10-13,16-17,22-23H,1-3,8-9,14-15H2;/b18-16-,19-17-;. The Hall–Kier alpha value is -2.11. The fraction of sp³-hybridized carbons (Fsp3) is 0.333. The molecule has 5 heteroatoms. The zero-order chi connectivity index (χ0) is 17.7. The third kappa shape index (κ3) is 8.31. The number of allylic oxidation sites excluding steroid dienone is 10. The second kappa shape index (κ2) is 13.1. The van der Waals surface area contributed by atoms with E-state index in [0.717, 1.165) is 25.9 Å². The Labute approximate surface area is 166 Å². The van der Waals surface area contributed by atoms with Crippen molar-refractivity contribution in [3.05, 3.63) is 72.2 Å². The van der Waals surface area contributed by atoms with Crippen molar-refractivity contribution in [3.63, 3.8) is 0 Å². The Balaban J connectivity index is 0.00000338. The van der Waals surface area contributed by atoms with Crippen LogP contribution >= 0.6 is 0 Å². The molecule has 0 aromatic heterocycles. The molecule has 0 amide bonds. The molecular weight excluding hydrogens is 371 g/mol. The average Bonchev–Trinajstić information content (AvgIpc) is 2.62. The van der Waals surface area contributed by atoms with Gasteiger partial charge in [-0.2, -0.15) is 0 Å². The minimum absolute atomic E-state index is 0. The van der Waals surface area contributed by atoms with Gasteiger partial charge >= 0.3 is 0 Å². The average molecular weight is 397 g/mol. The van der Waals surface area contributed by atoms with Gasteiger partial charge in [-0.15, -0.1) is 0 Å². The third-order valence-electron chi connectivity index (χ3n) is 4.00. The molecule has 26 heavy (non-hydrogen) atoms. The SMILES string of the molecule is O=C1C=CC=C/C1=C/NCCCCCCCN/C=C1/C=CC=CC1=O.[Co]. The van der Waals surface area contributed by atoms with Gasteiger partial charge in [0, 0.05) is 53.4 Å². The van der Waals surface area contributed by atoms with Gasteiger partial charge < -0.3 is 10.6 Å². The van der Waals surface area contributed by atoms with Gasteiger partial charge in [0.25, 0.3) is 0 Å². The molecule has 0 saturated heterocycles. The number of hydrogen-bond acceptors (Lipinski definition) is 4. The van der Waals surface area contributed by atoms with Gasteiger partial charge in [-0.1, -0.05) is 43.6 Å². The maximum atomic E-state index is 11.5. The molecule has 2 rings (SSSR count). The summed E-state index contributed by atoms with van der Waals surface area (Å²) in [6.45, 7) is 1.78. The maximum Gasteiger partial charge on any atom is 0.187 e. The summed E-state index contributed by atoms with van der Waals surface area (Å²) in [5, 5.41) is 6.41. The number of rotatable bonds is 10. The van der Waals surface area contributed by atoms with Crippen molar-refractivity contribution < 1.29 is 26.4 Å². The van der Waals surface area contributed by atoms with Gasteiger partial charge in [0.15, 0.2) is 11.6 Å². The quantitative estimate of drug-likeness (QED) is 0.439. The van der Waals surface area contributed by atoms with E-state index < -0.39 is 0 Å². The number of carbonyl (C=O) groups is 2. The van der Waals surface area contributed by atoms with Crippen LogP contribution in [0.5, 0.6) is 0 Å². The molecule has 0 heterocycles. The van der Waals surface area contributed by atoms with Gasteiger partial charge in [-0.3, -0.25) is 9.59 Å². The second-order valence-corrected chi connectivity index (χ2v) is 6.04. The van der Waals surface area contributed by atoms with Crippen molar-refractivity contribution in [2.75, 3.05) is 13.1 Å². The number of ketones is 2. The normalized spacial score (nSPS) is 18.5. The van der Waals surface area contributed by atoms with Gasteiger partial charge in [0.2, 0.25) is 0 Å². The Bertz CT molecular complexity index is 599. The first-order valence-corrected chi connectivity index (χ1v) is 8.92. The van der Waals surface area contributed by atoms with Gasteiger partial charge in [0.05, 0.1) is 0 Å². The summed E-state index contributed by atoms with van der Waals surface area (Å²) in [6, 6.07) is 0. The second-order valence-electron chi connectivity index (χ2n) is 6.04. The van der Waals surface area contributed by atoms with Crippen molar-refractivity contribution >= 4 is 11.6 Å². The van der Waals surface area contributed by atoms with E-state index in [1.54, 1.807) is 36.7 Å². The van der Waals surface area contributed by atoms with Crippen LogP contribution in [0, 0.1) is 0 Å². The van der Waals surface area contributed by atoms with Crippen molar-refractivity contribution in [2.24, 2.45) is 0 Å². The minimum Gasteiger partial charge on any atom is -0.390 e. The summed E-state index contributed by atoms with van der Waals surface area (Å²) in [6.07, 6.45) is 23.4. The molecule has 1 radical (unpaired) electrons. The number of carbonyl (C=O) groups excluding carboxylic acids is 2. The first-order chi connectivity index (χ1) is 12.3. The van der Waals surface area contributed by atoms with Gasteiger partial charge in [0.1, 0.15) is 0 Å². The molecule has 2 aliphatic rings. The fourth-order valence-electron chi connectivity index (χ4n) is 2.55. The topological polar surface area (TPSA) is 58.2 Å². The molecule has 0 unspecified atom stereocenters. The summed E-state index contributed by atoms with van der Waals surface area (Å²) in [7, 11) is 0. The van der Waals surface area contributed by atoms with Crippen molar-refractivity contribution in [3.8, 4) is 0 Å². The Kier molecular flexibility index (Phi) is 11.1. The number of unbranched alkanes of at least 4 members (excludes halogenated alkanes) is 4. The summed E-state index contributed by atoms with van der Waals surface area (Å²) in [4.78, 5) is 23.0. The fourth-order valence-corrected chi connectivity index (χ4v) is 2.55. The van der Waals surface area contributed by atoms with E-state index >= 15 is 0 Å². The van der Waals surface area contributed by atoms with E-state index in [1.807, 2.05) is 24.3 Å². The molecule has 141 valence electrons. The Morgan fingerprint density at radius 3 is 1.42 bits per heavy atom. The number of nitrogens with one attached hydrogen (secondary N) is 2. The Morgan fingerprint density at radius 2 is 1.00 bits per heavy atom. The monoisotopic (exact) mass is 397 g/mol. The summed E-state index contributed by atoms with van der Waals surface area (Å²) in [5.41, 5.74) is 1.42. The van der Waals surface area contributed by atoms with Crippen molar-refractivity contribution in [1.29, 1.82) is 0 Å². The van der Waals surface area contributed by atoms with Crippen LogP contribution in [0.4, 0.5) is 0 Å². The molecule has 0 aliphatic heterocycles. The molecule has 0 aromatic carbocycles. The van der Waals surface area contributed by atoms with Crippen molar-refractivity contribution in [1.82, 2.24) is 10.6 Å². The molecule has 0 bridgehead atoms. The molecule has 0 saturated carbocycles. The van der Waals surface area contributed by atoms with E-state index in [9.17, 15) is 9.59 Å². The van der Waals surface area contributed by atoms with Crippen LogP contribution in [0.3, 0.4) is 0 Å². The van der Waals surface area contributed by atoms with Crippen molar-refractivity contribution in [2.45, 2.75) is 32.1 Å². The van der Waals surface area contributed by atoms with Crippen LogP contribution in [-0.2, 0) is 26.4 Å². The van der Waals surface area contributed by atoms with E-state index in [4.69, 9.17) is 0 Å². The van der Waals surface area contributed by atoms with Crippen LogP contribution < -0.4 is 10.6 Å². The number of hydrogen-bond donors (Lipinski definition) is 2. The van der Waals surface area contributed by atoms with E-state index in [0.29, 0.717) is 11.1 Å². The summed E-state index contributed by atoms with van der Waals surface area (Å²) < 4.78 is 0. The maximum absolute atomic E-state index is 11.5. The largest absolute Gasteiger partial charge is 0.390 e. The Morgan fingerprint density at radius 1 is 0.615 bits per heavy atom. The molecule has 2 aliphatic carbocycles. The molecule has 0 aromatic rings. The van der Waals surface area contributed by atoms with E-state index in [-0.39, 0.29) is 28.3 Å². The van der Waals surface area contributed by atoms with Gasteiger partial charge in [-0.25, -0.2) is 0 Å². The van der Waals surface area contributed by atoms with Crippen LogP contribution in [0.1, 0.15) is 32.1 Å². The van der Waals surface area contributed by atoms with E-state index in [2.05, 4.69) is 10.6 Å². The first-order valence-electron chi connectivity index (χ1n) is 8.92. The van der Waals surface area contributed by atoms with E-state index in [1.165, 1.54) is 19.3 Å². The third-order valence-corrected chi connectivity index (χ3v) is 4.00.